The summed E-state index contributed by atoms with van der Waals surface area (Å²) in [7, 11) is 1.51. The first-order valence-electron chi connectivity index (χ1n) is 4.84. The maximum absolute atomic E-state index is 11.0. The fourth-order valence-corrected chi connectivity index (χ4v) is 1.52. The van der Waals surface area contributed by atoms with Gasteiger partial charge in [-0.05, 0) is 12.2 Å². The molecule has 2 aromatic heterocycles. The molecule has 17 heavy (non-hydrogen) atoms. The Labute approximate surface area is 102 Å². The van der Waals surface area contributed by atoms with Crippen molar-refractivity contribution in [1.82, 2.24) is 19.5 Å². The predicted octanol–water partition coefficient (Wildman–Crippen LogP) is 0.753. The van der Waals surface area contributed by atoms with E-state index >= 15 is 0 Å². The van der Waals surface area contributed by atoms with Crippen LogP contribution >= 0.6 is 12.2 Å². The van der Waals surface area contributed by atoms with Gasteiger partial charge in [0, 0.05) is 30.2 Å². The highest BCUT2D eigenvalue weighted by atomic mass is 32.1. The Kier molecular flexibility index (Phi) is 3.29. The Morgan fingerprint density at radius 1 is 1.47 bits per heavy atom. The molecule has 2 aromatic rings. The van der Waals surface area contributed by atoms with Gasteiger partial charge in [0.05, 0.1) is 13.7 Å². The number of H-pyrrole nitrogens is 1. The zero-order valence-corrected chi connectivity index (χ0v) is 9.90. The van der Waals surface area contributed by atoms with E-state index in [0.29, 0.717) is 17.3 Å². The molecule has 0 amide bonds. The molecule has 2 rings (SSSR count). The van der Waals surface area contributed by atoms with Gasteiger partial charge in [-0.2, -0.15) is 0 Å². The molecule has 0 spiro atoms. The lowest BCUT2D eigenvalue weighted by molar-refractivity contribution is 0.379. The third-order valence-corrected chi connectivity index (χ3v) is 2.45. The third kappa shape index (κ3) is 2.76. The first-order chi connectivity index (χ1) is 8.19. The summed E-state index contributed by atoms with van der Waals surface area (Å²) in [6.07, 6.45) is 4.93. The van der Waals surface area contributed by atoms with E-state index in [-0.39, 0.29) is 5.56 Å². The first kappa shape index (κ1) is 11.5. The highest BCUT2D eigenvalue weighted by molar-refractivity contribution is 7.71. The molecule has 88 valence electrons. The standard InChI is InChI=1S/C10H10N4O2S/c1-16-9-11-4-7(5-12-9)6-14-3-2-8(15)13-10(14)17/h2-5H,6H2,1H3,(H,13,15,17). The zero-order chi connectivity index (χ0) is 12.3. The van der Waals surface area contributed by atoms with Crippen molar-refractivity contribution in [1.29, 1.82) is 0 Å². The van der Waals surface area contributed by atoms with Crippen LogP contribution in [0.2, 0.25) is 0 Å². The summed E-state index contributed by atoms with van der Waals surface area (Å²) >= 11 is 5.03. The lowest BCUT2D eigenvalue weighted by Gasteiger charge is -2.05. The van der Waals surface area contributed by atoms with Crippen LogP contribution in [0.3, 0.4) is 0 Å². The quantitative estimate of drug-likeness (QED) is 0.814. The minimum Gasteiger partial charge on any atom is -0.467 e. The van der Waals surface area contributed by atoms with Crippen molar-refractivity contribution in [2.75, 3.05) is 7.11 Å². The Bertz CT molecular complexity index is 617. The molecule has 6 nitrogen and oxygen atoms in total. The van der Waals surface area contributed by atoms with Gasteiger partial charge in [-0.1, -0.05) is 0 Å². The maximum atomic E-state index is 11.0. The fourth-order valence-electron chi connectivity index (χ4n) is 1.30. The number of nitrogens with zero attached hydrogens (tertiary/aromatic N) is 3. The molecule has 0 atom stereocenters. The van der Waals surface area contributed by atoms with E-state index in [4.69, 9.17) is 17.0 Å². The van der Waals surface area contributed by atoms with E-state index in [9.17, 15) is 4.79 Å². The molecule has 0 bridgehead atoms. The Balaban J connectivity index is 2.25. The second kappa shape index (κ2) is 4.88. The van der Waals surface area contributed by atoms with Crippen molar-refractivity contribution in [3.63, 3.8) is 0 Å². The van der Waals surface area contributed by atoms with Crippen LogP contribution in [-0.4, -0.2) is 26.6 Å². The Morgan fingerprint density at radius 2 is 2.18 bits per heavy atom. The van der Waals surface area contributed by atoms with Crippen LogP contribution in [0.5, 0.6) is 6.01 Å². The number of methoxy groups -OCH3 is 1. The van der Waals surface area contributed by atoms with Gasteiger partial charge in [0.2, 0.25) is 0 Å². The van der Waals surface area contributed by atoms with Gasteiger partial charge in [-0.15, -0.1) is 0 Å². The van der Waals surface area contributed by atoms with Crippen molar-refractivity contribution in [2.45, 2.75) is 6.54 Å². The second-order valence-electron chi connectivity index (χ2n) is 3.32. The molecule has 0 unspecified atom stereocenters. The highest BCUT2D eigenvalue weighted by Crippen LogP contribution is 2.03. The summed E-state index contributed by atoms with van der Waals surface area (Å²) in [5, 5.41) is 0. The molecular formula is C10H10N4O2S. The number of aromatic nitrogens is 4. The highest BCUT2D eigenvalue weighted by Gasteiger charge is 1.99. The summed E-state index contributed by atoms with van der Waals surface area (Å²) in [4.78, 5) is 21.5. The van der Waals surface area contributed by atoms with Gasteiger partial charge in [0.15, 0.2) is 4.77 Å². The average Bonchev–Trinajstić information content (AvgIpc) is 2.34. The van der Waals surface area contributed by atoms with Crippen LogP contribution < -0.4 is 10.3 Å². The second-order valence-corrected chi connectivity index (χ2v) is 3.70. The normalized spacial score (nSPS) is 10.2. The van der Waals surface area contributed by atoms with Gasteiger partial charge >= 0.3 is 6.01 Å². The molecule has 0 saturated heterocycles. The van der Waals surface area contributed by atoms with E-state index < -0.39 is 0 Å². The monoisotopic (exact) mass is 250 g/mol. The number of rotatable bonds is 3. The van der Waals surface area contributed by atoms with Crippen molar-refractivity contribution in [3.05, 3.63) is 45.3 Å². The molecular weight excluding hydrogens is 240 g/mol. The summed E-state index contributed by atoms with van der Waals surface area (Å²) in [5.41, 5.74) is 0.658. The SMILES string of the molecule is COc1ncc(Cn2ccc(=O)[nH]c2=S)cn1. The summed E-state index contributed by atoms with van der Waals surface area (Å²) in [5.74, 6) is 0. The topological polar surface area (TPSA) is 72.8 Å². The molecule has 0 aliphatic carbocycles. The molecule has 0 fully saturated rings. The Morgan fingerprint density at radius 3 is 2.76 bits per heavy atom. The van der Waals surface area contributed by atoms with Crippen molar-refractivity contribution in [2.24, 2.45) is 0 Å². The van der Waals surface area contributed by atoms with E-state index in [0.717, 1.165) is 5.56 Å². The molecule has 2 heterocycles. The van der Waals surface area contributed by atoms with Crippen LogP contribution in [0.4, 0.5) is 0 Å². The minimum atomic E-state index is -0.211. The smallest absolute Gasteiger partial charge is 0.316 e. The van der Waals surface area contributed by atoms with Crippen molar-refractivity contribution >= 4 is 12.2 Å². The summed E-state index contributed by atoms with van der Waals surface area (Å²) < 4.78 is 6.95. The Hall–Kier alpha value is -2.02. The molecule has 0 saturated carbocycles. The van der Waals surface area contributed by atoms with Crippen LogP contribution in [0.15, 0.2) is 29.5 Å². The van der Waals surface area contributed by atoms with E-state index in [1.807, 2.05) is 0 Å². The number of ether oxygens (including phenoxy) is 1. The maximum Gasteiger partial charge on any atom is 0.316 e. The van der Waals surface area contributed by atoms with Crippen LogP contribution in [0, 0.1) is 4.77 Å². The molecule has 0 aliphatic heterocycles. The summed E-state index contributed by atoms with van der Waals surface area (Å²) in [6.45, 7) is 0.500. The largest absolute Gasteiger partial charge is 0.467 e. The number of aromatic amines is 1. The van der Waals surface area contributed by atoms with Gasteiger partial charge in [0.1, 0.15) is 0 Å². The van der Waals surface area contributed by atoms with Gasteiger partial charge < -0.3 is 9.30 Å². The first-order valence-corrected chi connectivity index (χ1v) is 5.24. The zero-order valence-electron chi connectivity index (χ0n) is 9.08. The van der Waals surface area contributed by atoms with Gasteiger partial charge in [-0.25, -0.2) is 9.97 Å². The van der Waals surface area contributed by atoms with Crippen LogP contribution in [0.25, 0.3) is 0 Å². The molecule has 0 aromatic carbocycles. The molecule has 1 N–H and O–H groups in total. The lowest BCUT2D eigenvalue weighted by atomic mass is 10.3. The molecule has 0 aliphatic rings. The molecule has 7 heteroatoms. The van der Waals surface area contributed by atoms with Crippen LogP contribution in [-0.2, 0) is 6.54 Å². The predicted molar refractivity (Wildman–Crippen MR) is 63.6 cm³/mol. The van der Waals surface area contributed by atoms with E-state index in [1.54, 1.807) is 23.2 Å². The van der Waals surface area contributed by atoms with E-state index in [2.05, 4.69) is 15.0 Å². The van der Waals surface area contributed by atoms with E-state index in [1.165, 1.54) is 13.2 Å². The third-order valence-electron chi connectivity index (χ3n) is 2.11. The summed E-state index contributed by atoms with van der Waals surface area (Å²) in [6, 6.07) is 1.74. The minimum absolute atomic E-state index is 0.211. The van der Waals surface area contributed by atoms with Gasteiger partial charge in [-0.3, -0.25) is 9.78 Å². The number of nitrogens with one attached hydrogen (secondary N) is 1. The van der Waals surface area contributed by atoms with Crippen LogP contribution in [0.1, 0.15) is 5.56 Å². The van der Waals surface area contributed by atoms with Crippen molar-refractivity contribution in [3.8, 4) is 6.01 Å². The fraction of sp³-hybridized carbons (Fsp3) is 0.200. The van der Waals surface area contributed by atoms with Crippen molar-refractivity contribution < 1.29 is 4.74 Å². The van der Waals surface area contributed by atoms with Gasteiger partial charge in [0.25, 0.3) is 5.56 Å². The lowest BCUT2D eigenvalue weighted by Crippen LogP contribution is -2.12. The average molecular weight is 250 g/mol. The number of hydrogen-bond acceptors (Lipinski definition) is 5. The number of hydrogen-bond donors (Lipinski definition) is 1. The molecule has 0 radical (unpaired) electrons.